The van der Waals surface area contributed by atoms with Crippen molar-refractivity contribution in [3.8, 4) is 0 Å². The Bertz CT molecular complexity index is 1110. The molecule has 7 nitrogen and oxygen atoms in total. The quantitative estimate of drug-likeness (QED) is 0.743. The molecule has 1 N–H and O–H groups in total. The van der Waals surface area contributed by atoms with Crippen LogP contribution in [-0.4, -0.2) is 38.4 Å². The molecule has 2 fully saturated rings. The minimum atomic E-state index is -0.0691. The maximum atomic E-state index is 12.8. The van der Waals surface area contributed by atoms with Crippen molar-refractivity contribution in [3.05, 3.63) is 58.8 Å². The molecule has 1 saturated carbocycles. The van der Waals surface area contributed by atoms with Crippen molar-refractivity contribution >= 4 is 22.5 Å². The first kappa shape index (κ1) is 18.0. The number of hydrogen-bond donors (Lipinski definition) is 1. The molecule has 29 heavy (non-hydrogen) atoms. The van der Waals surface area contributed by atoms with Gasteiger partial charge in [-0.15, -0.1) is 0 Å². The lowest BCUT2D eigenvalue weighted by Gasteiger charge is -2.31. The molecule has 5 rings (SSSR count). The van der Waals surface area contributed by atoms with Gasteiger partial charge in [-0.05, 0) is 37.1 Å². The molecule has 150 valence electrons. The first-order chi connectivity index (χ1) is 14.1. The number of hydrogen-bond acceptors (Lipinski definition) is 3. The monoisotopic (exact) mass is 391 g/mol. The standard InChI is InChI=1S/C22H25N5O2/c1-25-22(29)27(17-9-10-17)20(24-25)16-11-13-26(14-12-16)21(28)23-19-8-4-6-15-5-2-3-7-18(15)19/h2-8,16-17H,9-14H2,1H3,(H,23,28). The Balaban J connectivity index is 1.28. The molecule has 0 atom stereocenters. The van der Waals surface area contributed by atoms with Crippen molar-refractivity contribution in [2.75, 3.05) is 18.4 Å². The van der Waals surface area contributed by atoms with Gasteiger partial charge in [0.1, 0.15) is 5.82 Å². The minimum absolute atomic E-state index is 0.0152. The van der Waals surface area contributed by atoms with E-state index in [1.165, 1.54) is 4.68 Å². The maximum Gasteiger partial charge on any atom is 0.345 e. The van der Waals surface area contributed by atoms with Crippen LogP contribution in [0.2, 0.25) is 0 Å². The summed E-state index contributed by atoms with van der Waals surface area (Å²) in [6.07, 6.45) is 3.77. The average molecular weight is 391 g/mol. The summed E-state index contributed by atoms with van der Waals surface area (Å²) in [7, 11) is 1.72. The van der Waals surface area contributed by atoms with E-state index in [9.17, 15) is 9.59 Å². The molecule has 1 aliphatic carbocycles. The van der Waals surface area contributed by atoms with E-state index in [1.54, 1.807) is 7.05 Å². The normalized spacial score (nSPS) is 17.6. The maximum absolute atomic E-state index is 12.8. The van der Waals surface area contributed by atoms with Gasteiger partial charge in [-0.2, -0.15) is 5.10 Å². The molecule has 1 saturated heterocycles. The van der Waals surface area contributed by atoms with Gasteiger partial charge >= 0.3 is 11.7 Å². The molecule has 0 radical (unpaired) electrons. The second kappa shape index (κ2) is 7.06. The Morgan fingerprint density at radius 1 is 1.03 bits per heavy atom. The summed E-state index contributed by atoms with van der Waals surface area (Å²) in [5.74, 6) is 1.13. The van der Waals surface area contributed by atoms with E-state index < -0.39 is 0 Å². The van der Waals surface area contributed by atoms with Gasteiger partial charge in [0, 0.05) is 37.5 Å². The van der Waals surface area contributed by atoms with Gasteiger partial charge < -0.3 is 10.2 Å². The lowest BCUT2D eigenvalue weighted by molar-refractivity contribution is 0.192. The Labute approximate surface area is 168 Å². The number of nitrogens with zero attached hydrogens (tertiary/aromatic N) is 4. The second-order valence-corrected chi connectivity index (χ2v) is 8.08. The number of amides is 2. The highest BCUT2D eigenvalue weighted by Gasteiger charge is 2.34. The van der Waals surface area contributed by atoms with Crippen LogP contribution in [0, 0.1) is 0 Å². The third-order valence-corrected chi connectivity index (χ3v) is 6.07. The van der Waals surface area contributed by atoms with Crippen molar-refractivity contribution in [1.82, 2.24) is 19.2 Å². The first-order valence-electron chi connectivity index (χ1n) is 10.3. The molecular weight excluding hydrogens is 366 g/mol. The molecule has 0 bridgehead atoms. The third-order valence-electron chi connectivity index (χ3n) is 6.07. The highest BCUT2D eigenvalue weighted by Crippen LogP contribution is 2.37. The fourth-order valence-electron chi connectivity index (χ4n) is 4.32. The van der Waals surface area contributed by atoms with Gasteiger partial charge in [0.2, 0.25) is 0 Å². The number of nitrogens with one attached hydrogen (secondary N) is 1. The number of aromatic nitrogens is 3. The predicted octanol–water partition coefficient (Wildman–Crippen LogP) is 3.48. The van der Waals surface area contributed by atoms with Crippen LogP contribution in [0.1, 0.15) is 43.5 Å². The molecule has 2 amide bonds. The molecule has 1 aliphatic heterocycles. The van der Waals surface area contributed by atoms with Gasteiger partial charge in [-0.3, -0.25) is 4.57 Å². The molecule has 2 aromatic carbocycles. The van der Waals surface area contributed by atoms with Crippen molar-refractivity contribution in [2.24, 2.45) is 7.05 Å². The van der Waals surface area contributed by atoms with Crippen molar-refractivity contribution in [1.29, 1.82) is 0 Å². The van der Waals surface area contributed by atoms with Crippen LogP contribution in [0.5, 0.6) is 0 Å². The first-order valence-corrected chi connectivity index (χ1v) is 10.3. The van der Waals surface area contributed by atoms with Crippen molar-refractivity contribution < 1.29 is 4.79 Å². The van der Waals surface area contributed by atoms with Crippen LogP contribution < -0.4 is 11.0 Å². The van der Waals surface area contributed by atoms with E-state index in [1.807, 2.05) is 51.9 Å². The highest BCUT2D eigenvalue weighted by molar-refractivity contribution is 6.01. The van der Waals surface area contributed by atoms with E-state index in [0.29, 0.717) is 19.1 Å². The zero-order valence-electron chi connectivity index (χ0n) is 16.5. The van der Waals surface area contributed by atoms with Gasteiger partial charge in [0.25, 0.3) is 0 Å². The van der Waals surface area contributed by atoms with E-state index in [2.05, 4.69) is 10.4 Å². The Morgan fingerprint density at radius 3 is 2.52 bits per heavy atom. The summed E-state index contributed by atoms with van der Waals surface area (Å²) in [6, 6.07) is 14.2. The zero-order chi connectivity index (χ0) is 20.0. The Hall–Kier alpha value is -3.09. The van der Waals surface area contributed by atoms with Gasteiger partial charge in [0.15, 0.2) is 0 Å². The lowest BCUT2D eigenvalue weighted by atomic mass is 9.96. The molecule has 7 heteroatoms. The van der Waals surface area contributed by atoms with Crippen molar-refractivity contribution in [3.63, 3.8) is 0 Å². The zero-order valence-corrected chi connectivity index (χ0v) is 16.5. The topological polar surface area (TPSA) is 72.2 Å². The number of urea groups is 1. The molecule has 0 unspecified atom stereocenters. The lowest BCUT2D eigenvalue weighted by Crippen LogP contribution is -2.41. The van der Waals surface area contributed by atoms with Crippen LogP contribution >= 0.6 is 0 Å². The van der Waals surface area contributed by atoms with Crippen LogP contribution in [-0.2, 0) is 7.05 Å². The number of anilines is 1. The number of fused-ring (bicyclic) bond motifs is 1. The van der Waals surface area contributed by atoms with Gasteiger partial charge in [-0.1, -0.05) is 36.4 Å². The SMILES string of the molecule is Cn1nc(C2CCN(C(=O)Nc3cccc4ccccc34)CC2)n(C2CC2)c1=O. The van der Waals surface area contributed by atoms with Gasteiger partial charge in [0.05, 0.1) is 5.69 Å². The highest BCUT2D eigenvalue weighted by atomic mass is 16.2. The number of benzene rings is 2. The summed E-state index contributed by atoms with van der Waals surface area (Å²) >= 11 is 0. The molecule has 0 spiro atoms. The smallest absolute Gasteiger partial charge is 0.324 e. The van der Waals surface area contributed by atoms with E-state index in [-0.39, 0.29) is 17.6 Å². The predicted molar refractivity (Wildman–Crippen MR) is 112 cm³/mol. The summed E-state index contributed by atoms with van der Waals surface area (Å²) in [4.78, 5) is 27.1. The number of likely N-dealkylation sites (tertiary alicyclic amines) is 1. The van der Waals surface area contributed by atoms with E-state index in [0.717, 1.165) is 48.0 Å². The van der Waals surface area contributed by atoms with E-state index >= 15 is 0 Å². The summed E-state index contributed by atoms with van der Waals surface area (Å²) in [5.41, 5.74) is 0.821. The number of aryl methyl sites for hydroxylation is 1. The Kier molecular flexibility index (Phi) is 4.38. The van der Waals surface area contributed by atoms with E-state index in [4.69, 9.17) is 0 Å². The second-order valence-electron chi connectivity index (χ2n) is 8.08. The molecular formula is C22H25N5O2. The summed E-state index contributed by atoms with van der Waals surface area (Å²) in [5, 5.41) is 9.74. The number of carbonyl (C=O) groups is 1. The number of piperidine rings is 1. The van der Waals surface area contributed by atoms with Gasteiger partial charge in [-0.25, -0.2) is 14.3 Å². The summed E-state index contributed by atoms with van der Waals surface area (Å²) < 4.78 is 3.34. The van der Waals surface area contributed by atoms with Crippen LogP contribution in [0.15, 0.2) is 47.3 Å². The fourth-order valence-corrected chi connectivity index (χ4v) is 4.32. The number of rotatable bonds is 3. The largest absolute Gasteiger partial charge is 0.345 e. The van der Waals surface area contributed by atoms with Crippen LogP contribution in [0.3, 0.4) is 0 Å². The minimum Gasteiger partial charge on any atom is -0.324 e. The van der Waals surface area contributed by atoms with Crippen molar-refractivity contribution in [2.45, 2.75) is 37.6 Å². The molecule has 3 aromatic rings. The Morgan fingerprint density at radius 2 is 1.76 bits per heavy atom. The number of carbonyl (C=O) groups excluding carboxylic acids is 1. The average Bonchev–Trinajstić information content (AvgIpc) is 3.54. The fraction of sp³-hybridized carbons (Fsp3) is 0.409. The van der Waals surface area contributed by atoms with Crippen LogP contribution in [0.4, 0.5) is 10.5 Å². The van der Waals surface area contributed by atoms with Crippen LogP contribution in [0.25, 0.3) is 10.8 Å². The summed E-state index contributed by atoms with van der Waals surface area (Å²) in [6.45, 7) is 1.33. The molecule has 1 aromatic heterocycles. The molecule has 2 heterocycles. The third kappa shape index (κ3) is 3.30. The molecule has 2 aliphatic rings.